The molecule has 7 heteroatoms. The predicted octanol–water partition coefficient (Wildman–Crippen LogP) is 3.48. The second-order valence-electron chi connectivity index (χ2n) is 7.19. The van der Waals surface area contributed by atoms with E-state index in [0.717, 1.165) is 23.1 Å². The minimum atomic E-state index is -3.77. The number of carbonyl (C=O) groups is 1. The average Bonchev–Trinajstić information content (AvgIpc) is 3.06. The maximum atomic E-state index is 13.0. The van der Waals surface area contributed by atoms with Gasteiger partial charge in [0.1, 0.15) is 5.75 Å². The molecule has 1 saturated heterocycles. The minimum Gasteiger partial charge on any atom is -0.495 e. The Hall–Kier alpha value is -2.38. The molecule has 0 spiro atoms. The van der Waals surface area contributed by atoms with Crippen LogP contribution in [0.2, 0.25) is 0 Å². The predicted molar refractivity (Wildman–Crippen MR) is 109 cm³/mol. The summed E-state index contributed by atoms with van der Waals surface area (Å²) in [4.78, 5) is 13.8. The van der Waals surface area contributed by atoms with Crippen molar-refractivity contribution in [2.45, 2.75) is 44.6 Å². The van der Waals surface area contributed by atoms with Gasteiger partial charge in [-0.25, -0.2) is 13.1 Å². The number of methoxy groups -OCH3 is 1. The standard InChI is InChI=1S/C21H26N2O4S/c1-14-7-9-18(15(2)12-14)16(3)22-28(25,26)17-8-10-20(27-4)19(13-17)23-11-5-6-21(23)24/h7-10,12-13,16,22H,5-6,11H2,1-4H3/t16-/m0/s1. The van der Waals surface area contributed by atoms with Gasteiger partial charge in [-0.2, -0.15) is 0 Å². The number of ether oxygens (including phenoxy) is 1. The van der Waals surface area contributed by atoms with E-state index in [-0.39, 0.29) is 16.8 Å². The van der Waals surface area contributed by atoms with Crippen LogP contribution in [0.4, 0.5) is 5.69 Å². The summed E-state index contributed by atoms with van der Waals surface area (Å²) in [6, 6.07) is 10.2. The lowest BCUT2D eigenvalue weighted by Gasteiger charge is -2.21. The van der Waals surface area contributed by atoms with Crippen molar-refractivity contribution in [2.24, 2.45) is 0 Å². The van der Waals surface area contributed by atoms with E-state index >= 15 is 0 Å². The summed E-state index contributed by atoms with van der Waals surface area (Å²) in [5.41, 5.74) is 3.59. The molecule has 0 radical (unpaired) electrons. The van der Waals surface area contributed by atoms with E-state index in [4.69, 9.17) is 4.74 Å². The average molecular weight is 403 g/mol. The van der Waals surface area contributed by atoms with Gasteiger partial charge in [-0.1, -0.05) is 23.8 Å². The van der Waals surface area contributed by atoms with Gasteiger partial charge in [-0.3, -0.25) is 4.79 Å². The first-order valence-corrected chi connectivity index (χ1v) is 10.8. The molecular weight excluding hydrogens is 376 g/mol. The first-order chi connectivity index (χ1) is 13.2. The van der Waals surface area contributed by atoms with Crippen molar-refractivity contribution < 1.29 is 17.9 Å². The number of amides is 1. The van der Waals surface area contributed by atoms with Crippen molar-refractivity contribution in [1.29, 1.82) is 0 Å². The third kappa shape index (κ3) is 4.05. The Bertz CT molecular complexity index is 1000. The summed E-state index contributed by atoms with van der Waals surface area (Å²) in [7, 11) is -2.26. The highest BCUT2D eigenvalue weighted by atomic mass is 32.2. The number of hydrogen-bond donors (Lipinski definition) is 1. The van der Waals surface area contributed by atoms with Gasteiger partial charge in [0.05, 0.1) is 17.7 Å². The van der Waals surface area contributed by atoms with E-state index in [0.29, 0.717) is 24.4 Å². The van der Waals surface area contributed by atoms with Crippen LogP contribution in [0, 0.1) is 13.8 Å². The summed E-state index contributed by atoms with van der Waals surface area (Å²) >= 11 is 0. The smallest absolute Gasteiger partial charge is 0.241 e. The molecule has 1 heterocycles. The van der Waals surface area contributed by atoms with Crippen LogP contribution in [0.1, 0.15) is 42.5 Å². The van der Waals surface area contributed by atoms with Crippen molar-refractivity contribution in [1.82, 2.24) is 4.72 Å². The second kappa shape index (κ2) is 7.93. The largest absolute Gasteiger partial charge is 0.495 e. The molecule has 1 fully saturated rings. The van der Waals surface area contributed by atoms with E-state index in [1.54, 1.807) is 11.0 Å². The van der Waals surface area contributed by atoms with Gasteiger partial charge in [0, 0.05) is 19.0 Å². The normalized spacial score (nSPS) is 15.7. The second-order valence-corrected chi connectivity index (χ2v) is 8.90. The number of carbonyl (C=O) groups excluding carboxylic acids is 1. The molecule has 1 N–H and O–H groups in total. The Morgan fingerprint density at radius 3 is 2.50 bits per heavy atom. The molecule has 2 aromatic carbocycles. The van der Waals surface area contributed by atoms with Gasteiger partial charge < -0.3 is 9.64 Å². The van der Waals surface area contributed by atoms with Crippen LogP contribution >= 0.6 is 0 Å². The molecule has 0 aromatic heterocycles. The number of anilines is 1. The number of hydrogen-bond acceptors (Lipinski definition) is 4. The van der Waals surface area contributed by atoms with Crippen LogP contribution in [0.3, 0.4) is 0 Å². The molecule has 1 amide bonds. The zero-order valence-corrected chi connectivity index (χ0v) is 17.5. The first kappa shape index (κ1) is 20.4. The quantitative estimate of drug-likeness (QED) is 0.803. The van der Waals surface area contributed by atoms with Gasteiger partial charge in [0.25, 0.3) is 0 Å². The van der Waals surface area contributed by atoms with Gasteiger partial charge in [-0.05, 0) is 56.5 Å². The number of rotatable bonds is 6. The van der Waals surface area contributed by atoms with Crippen LogP contribution in [-0.4, -0.2) is 28.0 Å². The lowest BCUT2D eigenvalue weighted by Crippen LogP contribution is -2.28. The Labute approximate surface area is 166 Å². The number of aryl methyl sites for hydroxylation is 2. The molecule has 0 bridgehead atoms. The van der Waals surface area contributed by atoms with Crippen molar-refractivity contribution >= 4 is 21.6 Å². The van der Waals surface area contributed by atoms with Crippen LogP contribution in [0.5, 0.6) is 5.75 Å². The lowest BCUT2D eigenvalue weighted by atomic mass is 10.0. The van der Waals surface area contributed by atoms with Gasteiger partial charge in [-0.15, -0.1) is 0 Å². The third-order valence-electron chi connectivity index (χ3n) is 5.05. The monoisotopic (exact) mass is 402 g/mol. The molecule has 1 atom stereocenters. The van der Waals surface area contributed by atoms with E-state index in [1.807, 2.05) is 39.0 Å². The summed E-state index contributed by atoms with van der Waals surface area (Å²) < 4.78 is 34.1. The number of benzene rings is 2. The Kier molecular flexibility index (Phi) is 5.76. The van der Waals surface area contributed by atoms with Crippen LogP contribution in [0.15, 0.2) is 41.3 Å². The minimum absolute atomic E-state index is 0.0237. The first-order valence-electron chi connectivity index (χ1n) is 9.31. The molecule has 0 saturated carbocycles. The molecule has 0 aliphatic carbocycles. The summed E-state index contributed by atoms with van der Waals surface area (Å²) in [5, 5.41) is 0. The maximum absolute atomic E-state index is 13.0. The summed E-state index contributed by atoms with van der Waals surface area (Å²) in [6.07, 6.45) is 1.21. The topological polar surface area (TPSA) is 75.7 Å². The number of nitrogens with zero attached hydrogens (tertiary/aromatic N) is 1. The van der Waals surface area contributed by atoms with Crippen LogP contribution in [-0.2, 0) is 14.8 Å². The highest BCUT2D eigenvalue weighted by Crippen LogP contribution is 2.34. The fourth-order valence-electron chi connectivity index (χ4n) is 3.63. The number of nitrogens with one attached hydrogen (secondary N) is 1. The summed E-state index contributed by atoms with van der Waals surface area (Å²) in [6.45, 7) is 6.36. The fraction of sp³-hybridized carbons (Fsp3) is 0.381. The fourth-order valence-corrected chi connectivity index (χ4v) is 4.87. The summed E-state index contributed by atoms with van der Waals surface area (Å²) in [5.74, 6) is 0.459. The van der Waals surface area contributed by atoms with E-state index < -0.39 is 10.0 Å². The van der Waals surface area contributed by atoms with Crippen LogP contribution < -0.4 is 14.4 Å². The zero-order chi connectivity index (χ0) is 20.5. The molecular formula is C21H26N2O4S. The van der Waals surface area contributed by atoms with Gasteiger partial charge >= 0.3 is 0 Å². The molecule has 2 aromatic rings. The Morgan fingerprint density at radius 1 is 1.14 bits per heavy atom. The van der Waals surface area contributed by atoms with E-state index in [2.05, 4.69) is 4.72 Å². The molecule has 0 unspecified atom stereocenters. The SMILES string of the molecule is COc1ccc(S(=O)(=O)N[C@@H](C)c2ccc(C)cc2C)cc1N1CCCC1=O. The molecule has 1 aliphatic rings. The van der Waals surface area contributed by atoms with Crippen LogP contribution in [0.25, 0.3) is 0 Å². The maximum Gasteiger partial charge on any atom is 0.241 e. The van der Waals surface area contributed by atoms with E-state index in [1.165, 1.54) is 19.2 Å². The Morgan fingerprint density at radius 2 is 1.89 bits per heavy atom. The highest BCUT2D eigenvalue weighted by Gasteiger charge is 2.27. The van der Waals surface area contributed by atoms with Crippen molar-refractivity contribution in [3.8, 4) is 5.75 Å². The third-order valence-corrected chi connectivity index (χ3v) is 6.59. The van der Waals surface area contributed by atoms with E-state index in [9.17, 15) is 13.2 Å². The van der Waals surface area contributed by atoms with Crippen molar-refractivity contribution in [3.63, 3.8) is 0 Å². The highest BCUT2D eigenvalue weighted by molar-refractivity contribution is 7.89. The van der Waals surface area contributed by atoms with Crippen molar-refractivity contribution in [3.05, 3.63) is 53.1 Å². The molecule has 28 heavy (non-hydrogen) atoms. The Balaban J connectivity index is 1.92. The molecule has 3 rings (SSSR count). The molecule has 1 aliphatic heterocycles. The zero-order valence-electron chi connectivity index (χ0n) is 16.7. The van der Waals surface area contributed by atoms with Gasteiger partial charge in [0.2, 0.25) is 15.9 Å². The lowest BCUT2D eigenvalue weighted by molar-refractivity contribution is -0.117. The molecule has 150 valence electrons. The van der Waals surface area contributed by atoms with Gasteiger partial charge in [0.15, 0.2) is 0 Å². The van der Waals surface area contributed by atoms with Crippen molar-refractivity contribution in [2.75, 3.05) is 18.6 Å². The molecule has 6 nitrogen and oxygen atoms in total. The number of sulfonamides is 1.